The van der Waals surface area contributed by atoms with Crippen molar-refractivity contribution in [3.05, 3.63) is 77.6 Å². The third-order valence-electron chi connectivity index (χ3n) is 3.61. The maximum Gasteiger partial charge on any atom is 0.131 e. The van der Waals surface area contributed by atoms with Crippen LogP contribution in [0.2, 0.25) is 0 Å². The molecule has 0 aliphatic carbocycles. The molecule has 0 radical (unpaired) electrons. The van der Waals surface area contributed by atoms with Gasteiger partial charge in [0.1, 0.15) is 11.6 Å². The Bertz CT molecular complexity index is 761. The minimum absolute atomic E-state index is 0.0244. The van der Waals surface area contributed by atoms with Gasteiger partial charge in [0.2, 0.25) is 0 Å². The quantitative estimate of drug-likeness (QED) is 0.791. The van der Waals surface area contributed by atoms with E-state index in [1.54, 1.807) is 19.4 Å². The Hall–Kier alpha value is -2.33. The third-order valence-corrected chi connectivity index (χ3v) is 3.61. The van der Waals surface area contributed by atoms with Crippen molar-refractivity contribution in [2.24, 2.45) is 0 Å². The normalized spacial score (nSPS) is 12.5. The highest BCUT2D eigenvalue weighted by Gasteiger charge is 2.21. The monoisotopic (exact) mass is 284 g/mol. The van der Waals surface area contributed by atoms with Gasteiger partial charge in [-0.15, -0.1) is 0 Å². The van der Waals surface area contributed by atoms with Gasteiger partial charge in [0.05, 0.1) is 6.04 Å². The molecular formula is C17H14F2N2. The minimum atomic E-state index is -0.570. The van der Waals surface area contributed by atoms with Crippen LogP contribution in [0.4, 0.5) is 8.78 Å². The average Bonchev–Trinajstić information content (AvgIpc) is 2.51. The SMILES string of the molecule is CNC(c1c(F)cccc1F)c1cccc2ccncc12. The van der Waals surface area contributed by atoms with Crippen LogP contribution in [0, 0.1) is 11.6 Å². The summed E-state index contributed by atoms with van der Waals surface area (Å²) in [6.07, 6.45) is 3.41. The van der Waals surface area contributed by atoms with Crippen molar-refractivity contribution in [2.75, 3.05) is 7.05 Å². The first-order chi connectivity index (χ1) is 10.2. The third kappa shape index (κ3) is 2.38. The van der Waals surface area contributed by atoms with E-state index in [-0.39, 0.29) is 5.56 Å². The van der Waals surface area contributed by atoms with Gasteiger partial charge in [-0.05, 0) is 36.2 Å². The highest BCUT2D eigenvalue weighted by atomic mass is 19.1. The van der Waals surface area contributed by atoms with Crippen LogP contribution in [0.5, 0.6) is 0 Å². The number of aromatic nitrogens is 1. The highest BCUT2D eigenvalue weighted by molar-refractivity contribution is 5.85. The first kappa shape index (κ1) is 13.6. The van der Waals surface area contributed by atoms with E-state index in [0.717, 1.165) is 16.3 Å². The lowest BCUT2D eigenvalue weighted by Gasteiger charge is -2.20. The molecule has 106 valence electrons. The van der Waals surface area contributed by atoms with E-state index in [1.807, 2.05) is 24.3 Å². The van der Waals surface area contributed by atoms with E-state index < -0.39 is 17.7 Å². The number of pyridine rings is 1. The molecule has 2 aromatic carbocycles. The molecule has 0 saturated heterocycles. The summed E-state index contributed by atoms with van der Waals surface area (Å²) in [5.41, 5.74) is 0.823. The second-order valence-electron chi connectivity index (χ2n) is 4.80. The lowest BCUT2D eigenvalue weighted by Crippen LogP contribution is -2.20. The number of rotatable bonds is 3. The molecule has 0 amide bonds. The van der Waals surface area contributed by atoms with E-state index in [2.05, 4.69) is 10.3 Å². The van der Waals surface area contributed by atoms with E-state index >= 15 is 0 Å². The number of fused-ring (bicyclic) bond motifs is 1. The van der Waals surface area contributed by atoms with E-state index in [0.29, 0.717) is 0 Å². The van der Waals surface area contributed by atoms with Crippen LogP contribution < -0.4 is 5.32 Å². The molecule has 1 aromatic heterocycles. The first-order valence-corrected chi connectivity index (χ1v) is 6.66. The molecule has 0 aliphatic rings. The number of nitrogens with one attached hydrogen (secondary N) is 1. The molecule has 3 rings (SSSR count). The lowest BCUT2D eigenvalue weighted by atomic mass is 9.94. The Balaban J connectivity index is 2.24. The van der Waals surface area contributed by atoms with Gasteiger partial charge in [-0.3, -0.25) is 4.98 Å². The zero-order valence-electron chi connectivity index (χ0n) is 11.5. The average molecular weight is 284 g/mol. The van der Waals surface area contributed by atoms with Crippen molar-refractivity contribution in [1.29, 1.82) is 0 Å². The predicted octanol–water partition coefficient (Wildman–Crippen LogP) is 3.82. The van der Waals surface area contributed by atoms with Gasteiger partial charge in [-0.1, -0.05) is 24.3 Å². The zero-order chi connectivity index (χ0) is 14.8. The molecule has 1 unspecified atom stereocenters. The fraction of sp³-hybridized carbons (Fsp3) is 0.118. The van der Waals surface area contributed by atoms with Crippen LogP contribution in [0.25, 0.3) is 10.8 Å². The van der Waals surface area contributed by atoms with Crippen molar-refractivity contribution in [2.45, 2.75) is 6.04 Å². The van der Waals surface area contributed by atoms with E-state index in [9.17, 15) is 8.78 Å². The minimum Gasteiger partial charge on any atom is -0.309 e. The summed E-state index contributed by atoms with van der Waals surface area (Å²) in [5.74, 6) is -1.12. The Morgan fingerprint density at radius 3 is 2.43 bits per heavy atom. The molecule has 0 saturated carbocycles. The number of hydrogen-bond acceptors (Lipinski definition) is 2. The highest BCUT2D eigenvalue weighted by Crippen LogP contribution is 2.31. The molecular weight excluding hydrogens is 270 g/mol. The van der Waals surface area contributed by atoms with Gasteiger partial charge in [0, 0.05) is 23.3 Å². The van der Waals surface area contributed by atoms with Gasteiger partial charge < -0.3 is 5.32 Å². The van der Waals surface area contributed by atoms with Crippen LogP contribution >= 0.6 is 0 Å². The van der Waals surface area contributed by atoms with Gasteiger partial charge in [0.15, 0.2) is 0 Å². The summed E-state index contributed by atoms with van der Waals surface area (Å²) in [5, 5.41) is 4.86. The van der Waals surface area contributed by atoms with E-state index in [4.69, 9.17) is 0 Å². The van der Waals surface area contributed by atoms with Crippen LogP contribution in [-0.2, 0) is 0 Å². The Labute approximate surface area is 121 Å². The fourth-order valence-corrected chi connectivity index (χ4v) is 2.63. The number of nitrogens with zero attached hydrogens (tertiary/aromatic N) is 1. The Kier molecular flexibility index (Phi) is 3.62. The first-order valence-electron chi connectivity index (χ1n) is 6.66. The number of hydrogen-bond donors (Lipinski definition) is 1. The molecule has 0 fully saturated rings. The molecule has 0 aliphatic heterocycles. The lowest BCUT2D eigenvalue weighted by molar-refractivity contribution is 0.523. The summed E-state index contributed by atoms with van der Waals surface area (Å²) in [6, 6.07) is 10.9. The maximum absolute atomic E-state index is 14.1. The molecule has 4 heteroatoms. The number of benzene rings is 2. The maximum atomic E-state index is 14.1. The van der Waals surface area contributed by atoms with Crippen molar-refractivity contribution in [3.63, 3.8) is 0 Å². The molecule has 21 heavy (non-hydrogen) atoms. The fourth-order valence-electron chi connectivity index (χ4n) is 2.63. The summed E-state index contributed by atoms with van der Waals surface area (Å²) < 4.78 is 28.2. The van der Waals surface area contributed by atoms with Crippen molar-refractivity contribution < 1.29 is 8.78 Å². The van der Waals surface area contributed by atoms with Crippen molar-refractivity contribution in [1.82, 2.24) is 10.3 Å². The molecule has 2 nitrogen and oxygen atoms in total. The largest absolute Gasteiger partial charge is 0.309 e. The van der Waals surface area contributed by atoms with Gasteiger partial charge in [-0.25, -0.2) is 8.78 Å². The standard InChI is InChI=1S/C17H14F2N2/c1-20-17(16-14(18)6-3-7-15(16)19)12-5-2-4-11-8-9-21-10-13(11)12/h2-10,17,20H,1H3. The van der Waals surface area contributed by atoms with Crippen LogP contribution in [0.15, 0.2) is 54.9 Å². The smallest absolute Gasteiger partial charge is 0.131 e. The van der Waals surface area contributed by atoms with Gasteiger partial charge in [-0.2, -0.15) is 0 Å². The van der Waals surface area contributed by atoms with Gasteiger partial charge >= 0.3 is 0 Å². The molecule has 1 atom stereocenters. The molecule has 1 heterocycles. The topological polar surface area (TPSA) is 24.9 Å². The summed E-state index contributed by atoms with van der Waals surface area (Å²) >= 11 is 0. The zero-order valence-corrected chi connectivity index (χ0v) is 11.5. The van der Waals surface area contributed by atoms with Crippen LogP contribution in [0.3, 0.4) is 0 Å². The van der Waals surface area contributed by atoms with Gasteiger partial charge in [0.25, 0.3) is 0 Å². The molecule has 0 spiro atoms. The second-order valence-corrected chi connectivity index (χ2v) is 4.80. The van der Waals surface area contributed by atoms with Crippen molar-refractivity contribution in [3.8, 4) is 0 Å². The van der Waals surface area contributed by atoms with Crippen LogP contribution in [-0.4, -0.2) is 12.0 Å². The summed E-state index contributed by atoms with van der Waals surface area (Å²) in [6.45, 7) is 0. The predicted molar refractivity (Wildman–Crippen MR) is 79.0 cm³/mol. The van der Waals surface area contributed by atoms with Crippen molar-refractivity contribution >= 4 is 10.8 Å². The second kappa shape index (κ2) is 5.58. The molecule has 3 aromatic rings. The summed E-state index contributed by atoms with van der Waals surface area (Å²) in [4.78, 5) is 4.11. The van der Waals surface area contributed by atoms with Crippen LogP contribution in [0.1, 0.15) is 17.2 Å². The Morgan fingerprint density at radius 2 is 1.71 bits per heavy atom. The molecule has 1 N–H and O–H groups in total. The summed E-state index contributed by atoms with van der Waals surface area (Å²) in [7, 11) is 1.69. The molecule has 0 bridgehead atoms. The number of halogens is 2. The Morgan fingerprint density at radius 1 is 1.00 bits per heavy atom. The van der Waals surface area contributed by atoms with E-state index in [1.165, 1.54) is 18.2 Å².